The van der Waals surface area contributed by atoms with Gasteiger partial charge in [0.05, 0.1) is 16.5 Å². The van der Waals surface area contributed by atoms with Gasteiger partial charge in [0.1, 0.15) is 6.07 Å². The van der Waals surface area contributed by atoms with Crippen LogP contribution in [0.3, 0.4) is 0 Å². The van der Waals surface area contributed by atoms with E-state index in [9.17, 15) is 4.79 Å². The van der Waals surface area contributed by atoms with Gasteiger partial charge in [0.15, 0.2) is 0 Å². The number of piperidine rings is 1. The van der Waals surface area contributed by atoms with Crippen LogP contribution in [0.1, 0.15) is 18.4 Å². The Kier molecular flexibility index (Phi) is 3.73. The van der Waals surface area contributed by atoms with Crippen LogP contribution >= 0.6 is 11.6 Å². The van der Waals surface area contributed by atoms with Gasteiger partial charge < -0.3 is 10.0 Å². The van der Waals surface area contributed by atoms with Gasteiger partial charge >= 0.3 is 5.97 Å². The molecule has 1 heterocycles. The lowest BCUT2D eigenvalue weighted by atomic mass is 9.96. The van der Waals surface area contributed by atoms with Crippen LogP contribution in [-0.2, 0) is 4.79 Å². The Morgan fingerprint density at radius 1 is 1.44 bits per heavy atom. The Morgan fingerprint density at radius 3 is 2.61 bits per heavy atom. The zero-order valence-electron chi connectivity index (χ0n) is 9.77. The van der Waals surface area contributed by atoms with Crippen LogP contribution in [-0.4, -0.2) is 24.2 Å². The summed E-state index contributed by atoms with van der Waals surface area (Å²) in [7, 11) is 0. The second-order valence-corrected chi connectivity index (χ2v) is 4.78. The molecule has 5 heteroatoms. The van der Waals surface area contributed by atoms with Crippen molar-refractivity contribution in [3.8, 4) is 6.07 Å². The van der Waals surface area contributed by atoms with Gasteiger partial charge in [-0.25, -0.2) is 0 Å². The molecule has 2 rings (SSSR count). The molecule has 0 atom stereocenters. The number of carbonyl (C=O) groups is 1. The molecule has 94 valence electrons. The number of nitriles is 1. The van der Waals surface area contributed by atoms with Crippen LogP contribution in [0.15, 0.2) is 18.2 Å². The van der Waals surface area contributed by atoms with Gasteiger partial charge in [0.2, 0.25) is 0 Å². The second kappa shape index (κ2) is 5.28. The molecule has 0 spiro atoms. The smallest absolute Gasteiger partial charge is 0.306 e. The quantitative estimate of drug-likeness (QED) is 0.891. The van der Waals surface area contributed by atoms with Gasteiger partial charge in [-0.15, -0.1) is 0 Å². The maximum atomic E-state index is 10.9. The summed E-state index contributed by atoms with van der Waals surface area (Å²) < 4.78 is 0. The number of rotatable bonds is 2. The summed E-state index contributed by atoms with van der Waals surface area (Å²) in [6.07, 6.45) is 1.29. The monoisotopic (exact) mass is 264 g/mol. The van der Waals surface area contributed by atoms with Crippen molar-refractivity contribution in [2.24, 2.45) is 5.92 Å². The van der Waals surface area contributed by atoms with Crippen molar-refractivity contribution in [1.29, 1.82) is 5.26 Å². The summed E-state index contributed by atoms with van der Waals surface area (Å²) in [5.74, 6) is -0.956. The highest BCUT2D eigenvalue weighted by atomic mass is 35.5. The SMILES string of the molecule is N#Cc1ccc(N2CCC(C(=O)O)CC2)cc1Cl. The molecule has 1 aliphatic rings. The maximum Gasteiger partial charge on any atom is 0.306 e. The van der Waals surface area contributed by atoms with E-state index < -0.39 is 5.97 Å². The molecule has 1 saturated heterocycles. The second-order valence-electron chi connectivity index (χ2n) is 4.38. The van der Waals surface area contributed by atoms with E-state index in [1.165, 1.54) is 0 Å². The van der Waals surface area contributed by atoms with Crippen molar-refractivity contribution in [2.45, 2.75) is 12.8 Å². The molecule has 0 aromatic heterocycles. The van der Waals surface area contributed by atoms with E-state index in [0.717, 1.165) is 5.69 Å². The van der Waals surface area contributed by atoms with E-state index >= 15 is 0 Å². The minimum atomic E-state index is -0.715. The third-order valence-corrected chi connectivity index (χ3v) is 3.60. The molecular formula is C13H13ClN2O2. The van der Waals surface area contributed by atoms with Crippen LogP contribution in [0.4, 0.5) is 5.69 Å². The van der Waals surface area contributed by atoms with E-state index in [-0.39, 0.29) is 5.92 Å². The lowest BCUT2D eigenvalue weighted by Crippen LogP contribution is -2.36. The molecule has 4 nitrogen and oxygen atoms in total. The van der Waals surface area contributed by atoms with E-state index in [0.29, 0.717) is 36.5 Å². The number of halogens is 1. The maximum absolute atomic E-state index is 10.9. The van der Waals surface area contributed by atoms with Gasteiger partial charge in [-0.05, 0) is 31.0 Å². The number of carboxylic acid groups (broad SMARTS) is 1. The minimum absolute atomic E-state index is 0.241. The summed E-state index contributed by atoms with van der Waals surface area (Å²) in [4.78, 5) is 13.0. The van der Waals surface area contributed by atoms with Gasteiger partial charge in [-0.1, -0.05) is 11.6 Å². The van der Waals surface area contributed by atoms with Gasteiger partial charge in [0.25, 0.3) is 0 Å². The normalized spacial score (nSPS) is 16.3. The van der Waals surface area contributed by atoms with Crippen LogP contribution in [0.25, 0.3) is 0 Å². The zero-order valence-corrected chi connectivity index (χ0v) is 10.5. The van der Waals surface area contributed by atoms with E-state index in [4.69, 9.17) is 22.0 Å². The molecule has 1 aromatic rings. The number of aliphatic carboxylic acids is 1. The van der Waals surface area contributed by atoms with E-state index in [2.05, 4.69) is 4.90 Å². The fraction of sp³-hybridized carbons (Fsp3) is 0.385. The molecule has 0 aliphatic carbocycles. The molecular weight excluding hydrogens is 252 g/mol. The first-order valence-corrected chi connectivity index (χ1v) is 6.17. The molecule has 0 amide bonds. The van der Waals surface area contributed by atoms with Crippen LogP contribution < -0.4 is 4.90 Å². The molecule has 0 unspecified atom stereocenters. The largest absolute Gasteiger partial charge is 0.481 e. The van der Waals surface area contributed by atoms with Crippen molar-refractivity contribution in [3.05, 3.63) is 28.8 Å². The minimum Gasteiger partial charge on any atom is -0.481 e. The van der Waals surface area contributed by atoms with Crippen molar-refractivity contribution < 1.29 is 9.90 Å². The van der Waals surface area contributed by atoms with Crippen molar-refractivity contribution >= 4 is 23.3 Å². The average molecular weight is 265 g/mol. The Bertz CT molecular complexity index is 502. The van der Waals surface area contributed by atoms with Crippen LogP contribution in [0.2, 0.25) is 5.02 Å². The molecule has 1 fully saturated rings. The number of carboxylic acids is 1. The topological polar surface area (TPSA) is 64.3 Å². The summed E-state index contributed by atoms with van der Waals surface area (Å²) in [6.45, 7) is 1.42. The molecule has 1 aliphatic heterocycles. The van der Waals surface area contributed by atoms with Crippen molar-refractivity contribution in [1.82, 2.24) is 0 Å². The highest BCUT2D eigenvalue weighted by Crippen LogP contribution is 2.27. The van der Waals surface area contributed by atoms with Crippen LogP contribution in [0.5, 0.6) is 0 Å². The Morgan fingerprint density at radius 2 is 2.11 bits per heavy atom. The summed E-state index contributed by atoms with van der Waals surface area (Å²) in [5, 5.41) is 18.2. The molecule has 0 radical (unpaired) electrons. The summed E-state index contributed by atoms with van der Waals surface area (Å²) >= 11 is 5.98. The third-order valence-electron chi connectivity index (χ3n) is 3.28. The first kappa shape index (κ1) is 12.7. The molecule has 1 aromatic carbocycles. The summed E-state index contributed by atoms with van der Waals surface area (Å²) in [5.41, 5.74) is 1.41. The van der Waals surface area contributed by atoms with E-state index in [1.807, 2.05) is 12.1 Å². The fourth-order valence-electron chi connectivity index (χ4n) is 2.18. The lowest BCUT2D eigenvalue weighted by molar-refractivity contribution is -0.142. The molecule has 18 heavy (non-hydrogen) atoms. The van der Waals surface area contributed by atoms with Gasteiger partial charge in [-0.3, -0.25) is 4.79 Å². The highest BCUT2D eigenvalue weighted by Gasteiger charge is 2.24. The number of anilines is 1. The number of hydrogen-bond acceptors (Lipinski definition) is 3. The number of benzene rings is 1. The highest BCUT2D eigenvalue weighted by molar-refractivity contribution is 6.32. The Balaban J connectivity index is 2.08. The predicted octanol–water partition coefficient (Wildman–Crippen LogP) is 2.51. The fourth-order valence-corrected chi connectivity index (χ4v) is 2.39. The van der Waals surface area contributed by atoms with Crippen LogP contribution in [0, 0.1) is 17.2 Å². The van der Waals surface area contributed by atoms with Crippen molar-refractivity contribution in [2.75, 3.05) is 18.0 Å². The Hall–Kier alpha value is -1.73. The lowest BCUT2D eigenvalue weighted by Gasteiger charge is -2.32. The molecule has 0 bridgehead atoms. The zero-order chi connectivity index (χ0) is 13.1. The van der Waals surface area contributed by atoms with E-state index in [1.54, 1.807) is 12.1 Å². The van der Waals surface area contributed by atoms with Gasteiger partial charge in [0, 0.05) is 18.8 Å². The number of hydrogen-bond donors (Lipinski definition) is 1. The first-order valence-electron chi connectivity index (χ1n) is 5.79. The molecule has 1 N–H and O–H groups in total. The van der Waals surface area contributed by atoms with Gasteiger partial charge in [-0.2, -0.15) is 5.26 Å². The predicted molar refractivity (Wildman–Crippen MR) is 68.7 cm³/mol. The first-order chi connectivity index (χ1) is 8.61. The standard InChI is InChI=1S/C13H13ClN2O2/c14-12-7-11(2-1-10(12)8-15)16-5-3-9(4-6-16)13(17)18/h1-2,7,9H,3-6H2,(H,17,18). The van der Waals surface area contributed by atoms with Crippen molar-refractivity contribution in [3.63, 3.8) is 0 Å². The Labute approximate surface area is 110 Å². The number of nitrogens with zero attached hydrogens (tertiary/aromatic N) is 2. The third kappa shape index (κ3) is 2.57. The molecule has 0 saturated carbocycles. The average Bonchev–Trinajstić information content (AvgIpc) is 2.38. The summed E-state index contributed by atoms with van der Waals surface area (Å²) in [6, 6.07) is 7.33.